The van der Waals surface area contributed by atoms with Gasteiger partial charge in [-0.05, 0) is 51.2 Å². The molecule has 2 fully saturated rings. The van der Waals surface area contributed by atoms with Crippen LogP contribution in [0.4, 0.5) is 0 Å². The van der Waals surface area contributed by atoms with Crippen LogP contribution in [-0.4, -0.2) is 43.8 Å². The Bertz CT molecular complexity index is 169. The van der Waals surface area contributed by atoms with Crippen molar-refractivity contribution in [3.8, 4) is 0 Å². The highest BCUT2D eigenvalue weighted by Gasteiger charge is 2.25. The highest BCUT2D eigenvalue weighted by molar-refractivity contribution is 4.79. The van der Waals surface area contributed by atoms with Gasteiger partial charge in [0.15, 0.2) is 0 Å². The summed E-state index contributed by atoms with van der Waals surface area (Å²) in [6, 6.07) is 0.700. The number of hydrogen-bond acceptors (Lipinski definition) is 3. The van der Waals surface area contributed by atoms with Crippen LogP contribution in [0.3, 0.4) is 0 Å². The molecule has 2 rings (SSSR count). The summed E-state index contributed by atoms with van der Waals surface area (Å²) in [5.41, 5.74) is 5.73. The minimum absolute atomic E-state index is 0.700. The van der Waals surface area contributed by atoms with Crippen molar-refractivity contribution in [2.24, 2.45) is 11.7 Å². The molecular weight excluding hydrogens is 176 g/mol. The van der Waals surface area contributed by atoms with Crippen LogP contribution < -0.4 is 5.73 Å². The Kier molecular flexibility index (Phi) is 3.79. The first kappa shape index (κ1) is 10.4. The number of likely N-dealkylation sites (tertiary alicyclic amines) is 1. The van der Waals surface area contributed by atoms with E-state index in [1.54, 1.807) is 0 Å². The van der Waals surface area contributed by atoms with E-state index in [-0.39, 0.29) is 0 Å². The fraction of sp³-hybridized carbons (Fsp3) is 1.00. The van der Waals surface area contributed by atoms with Gasteiger partial charge in [-0.3, -0.25) is 4.90 Å². The van der Waals surface area contributed by atoms with Crippen molar-refractivity contribution in [3.05, 3.63) is 0 Å². The van der Waals surface area contributed by atoms with Crippen molar-refractivity contribution < 1.29 is 4.74 Å². The van der Waals surface area contributed by atoms with E-state index in [2.05, 4.69) is 4.90 Å². The van der Waals surface area contributed by atoms with Gasteiger partial charge in [-0.15, -0.1) is 0 Å². The number of hydrogen-bond donors (Lipinski definition) is 1. The van der Waals surface area contributed by atoms with Crippen molar-refractivity contribution in [2.75, 3.05) is 32.8 Å². The van der Waals surface area contributed by atoms with E-state index >= 15 is 0 Å². The van der Waals surface area contributed by atoms with Crippen LogP contribution in [0.2, 0.25) is 0 Å². The zero-order valence-electron chi connectivity index (χ0n) is 8.95. The summed E-state index contributed by atoms with van der Waals surface area (Å²) in [5.74, 6) is 0.766. The van der Waals surface area contributed by atoms with Gasteiger partial charge in [-0.2, -0.15) is 0 Å². The highest BCUT2D eigenvalue weighted by Crippen LogP contribution is 2.21. The average molecular weight is 198 g/mol. The molecule has 0 aromatic heterocycles. The Hall–Kier alpha value is -0.120. The SMILES string of the molecule is NCC1CCCN(C2CCOC2)CC1. The van der Waals surface area contributed by atoms with Crippen molar-refractivity contribution in [2.45, 2.75) is 31.7 Å². The van der Waals surface area contributed by atoms with Crippen molar-refractivity contribution >= 4 is 0 Å². The third-order valence-electron chi connectivity index (χ3n) is 3.64. The number of nitrogens with zero attached hydrogens (tertiary/aromatic N) is 1. The van der Waals surface area contributed by atoms with Gasteiger partial charge in [0, 0.05) is 12.6 Å². The standard InChI is InChI=1S/C11H22N2O/c12-8-10-2-1-5-13(6-3-10)11-4-7-14-9-11/h10-11H,1-9,12H2. The molecule has 0 saturated carbocycles. The second-order valence-corrected chi connectivity index (χ2v) is 4.59. The molecule has 2 unspecified atom stereocenters. The Balaban J connectivity index is 1.82. The quantitative estimate of drug-likeness (QED) is 0.714. The summed E-state index contributed by atoms with van der Waals surface area (Å²) in [6.07, 6.45) is 5.15. The average Bonchev–Trinajstić information content (AvgIpc) is 2.63. The topological polar surface area (TPSA) is 38.5 Å². The predicted octanol–water partition coefficient (Wildman–Crippen LogP) is 0.836. The van der Waals surface area contributed by atoms with E-state index < -0.39 is 0 Å². The first-order chi connectivity index (χ1) is 6.90. The monoisotopic (exact) mass is 198 g/mol. The van der Waals surface area contributed by atoms with Gasteiger partial charge in [0.25, 0.3) is 0 Å². The van der Waals surface area contributed by atoms with Gasteiger partial charge in [0.2, 0.25) is 0 Å². The lowest BCUT2D eigenvalue weighted by molar-refractivity contribution is 0.145. The van der Waals surface area contributed by atoms with Crippen LogP contribution >= 0.6 is 0 Å². The highest BCUT2D eigenvalue weighted by atomic mass is 16.5. The summed E-state index contributed by atoms with van der Waals surface area (Å²) in [4.78, 5) is 2.61. The number of rotatable bonds is 2. The molecule has 0 aromatic rings. The molecule has 0 spiro atoms. The predicted molar refractivity (Wildman–Crippen MR) is 57.2 cm³/mol. The van der Waals surface area contributed by atoms with Crippen LogP contribution in [0.15, 0.2) is 0 Å². The first-order valence-corrected chi connectivity index (χ1v) is 5.92. The van der Waals surface area contributed by atoms with E-state index in [0.29, 0.717) is 6.04 Å². The van der Waals surface area contributed by atoms with Gasteiger partial charge in [-0.1, -0.05) is 0 Å². The Morgan fingerprint density at radius 1 is 1.21 bits per heavy atom. The zero-order valence-corrected chi connectivity index (χ0v) is 8.95. The molecule has 2 atom stereocenters. The summed E-state index contributed by atoms with van der Waals surface area (Å²) in [6.45, 7) is 5.27. The maximum atomic E-state index is 5.73. The lowest BCUT2D eigenvalue weighted by Crippen LogP contribution is -2.36. The molecule has 0 aliphatic carbocycles. The van der Waals surface area contributed by atoms with Crippen molar-refractivity contribution in [3.63, 3.8) is 0 Å². The molecule has 2 aliphatic heterocycles. The van der Waals surface area contributed by atoms with E-state index in [0.717, 1.165) is 25.7 Å². The smallest absolute Gasteiger partial charge is 0.0622 e. The number of nitrogens with two attached hydrogens (primary N) is 1. The normalized spacial score (nSPS) is 35.8. The summed E-state index contributed by atoms with van der Waals surface area (Å²) >= 11 is 0. The minimum Gasteiger partial charge on any atom is -0.380 e. The Labute approximate surface area is 86.6 Å². The van der Waals surface area contributed by atoms with E-state index in [1.165, 1.54) is 38.8 Å². The molecule has 3 heteroatoms. The lowest BCUT2D eigenvalue weighted by Gasteiger charge is -2.25. The second kappa shape index (κ2) is 5.10. The molecular formula is C11H22N2O. The van der Waals surface area contributed by atoms with Gasteiger partial charge >= 0.3 is 0 Å². The summed E-state index contributed by atoms with van der Waals surface area (Å²) in [7, 11) is 0. The maximum Gasteiger partial charge on any atom is 0.0622 e. The third kappa shape index (κ3) is 2.47. The second-order valence-electron chi connectivity index (χ2n) is 4.59. The van der Waals surface area contributed by atoms with Crippen molar-refractivity contribution in [1.82, 2.24) is 4.90 Å². The van der Waals surface area contributed by atoms with Crippen LogP contribution in [0.5, 0.6) is 0 Å². The largest absolute Gasteiger partial charge is 0.380 e. The van der Waals surface area contributed by atoms with Gasteiger partial charge in [0.1, 0.15) is 0 Å². The molecule has 2 N–H and O–H groups in total. The van der Waals surface area contributed by atoms with Crippen LogP contribution in [0.1, 0.15) is 25.7 Å². The Morgan fingerprint density at radius 2 is 2.14 bits per heavy atom. The Morgan fingerprint density at radius 3 is 2.86 bits per heavy atom. The molecule has 0 radical (unpaired) electrons. The molecule has 3 nitrogen and oxygen atoms in total. The lowest BCUT2D eigenvalue weighted by atomic mass is 10.0. The zero-order chi connectivity index (χ0) is 9.80. The molecule has 2 heterocycles. The van der Waals surface area contributed by atoms with Gasteiger partial charge in [-0.25, -0.2) is 0 Å². The summed E-state index contributed by atoms with van der Waals surface area (Å²) in [5, 5.41) is 0. The third-order valence-corrected chi connectivity index (χ3v) is 3.64. The van der Waals surface area contributed by atoms with Gasteiger partial charge < -0.3 is 10.5 Å². The number of ether oxygens (including phenoxy) is 1. The molecule has 14 heavy (non-hydrogen) atoms. The van der Waals surface area contributed by atoms with E-state index in [4.69, 9.17) is 10.5 Å². The molecule has 0 bridgehead atoms. The summed E-state index contributed by atoms with van der Waals surface area (Å²) < 4.78 is 5.44. The van der Waals surface area contributed by atoms with E-state index in [9.17, 15) is 0 Å². The van der Waals surface area contributed by atoms with Crippen LogP contribution in [0, 0.1) is 5.92 Å². The fourth-order valence-corrected chi connectivity index (χ4v) is 2.60. The van der Waals surface area contributed by atoms with Gasteiger partial charge in [0.05, 0.1) is 6.61 Å². The fourth-order valence-electron chi connectivity index (χ4n) is 2.60. The minimum atomic E-state index is 0.700. The first-order valence-electron chi connectivity index (χ1n) is 5.92. The van der Waals surface area contributed by atoms with Crippen LogP contribution in [0.25, 0.3) is 0 Å². The molecule has 82 valence electrons. The van der Waals surface area contributed by atoms with E-state index in [1.807, 2.05) is 0 Å². The maximum absolute atomic E-state index is 5.73. The molecule has 0 amide bonds. The molecule has 2 saturated heterocycles. The molecule has 0 aromatic carbocycles. The molecule has 2 aliphatic rings. The van der Waals surface area contributed by atoms with Crippen molar-refractivity contribution in [1.29, 1.82) is 0 Å². The van der Waals surface area contributed by atoms with Crippen LogP contribution in [-0.2, 0) is 4.74 Å².